The van der Waals surface area contributed by atoms with Crippen LogP contribution in [0.2, 0.25) is 0 Å². The number of carbonyl (C=O) groups excluding carboxylic acids is 1. The summed E-state index contributed by atoms with van der Waals surface area (Å²) in [6, 6.07) is 12.3. The van der Waals surface area contributed by atoms with Crippen LogP contribution < -0.4 is 10.6 Å². The highest BCUT2D eigenvalue weighted by molar-refractivity contribution is 5.91. The van der Waals surface area contributed by atoms with Gasteiger partial charge in [0.15, 0.2) is 0 Å². The van der Waals surface area contributed by atoms with Crippen LogP contribution in [0.1, 0.15) is 24.5 Å². The maximum Gasteiger partial charge on any atom is 0.226 e. The second-order valence-electron chi connectivity index (χ2n) is 5.17. The molecule has 3 nitrogen and oxygen atoms in total. The number of hydrogen-bond acceptors (Lipinski definition) is 2. The van der Waals surface area contributed by atoms with Crippen LogP contribution in [0.3, 0.4) is 0 Å². The molecule has 0 heterocycles. The zero-order valence-corrected chi connectivity index (χ0v) is 12.9. The number of hydrogen-bond donors (Lipinski definition) is 2. The SMILES string of the molecule is CCc1cccc(C)c1NCCC(=O)Nc1ccccc1F. The molecular weight excluding hydrogens is 279 g/mol. The summed E-state index contributed by atoms with van der Waals surface area (Å²) in [6.07, 6.45) is 1.22. The van der Waals surface area contributed by atoms with E-state index in [9.17, 15) is 9.18 Å². The van der Waals surface area contributed by atoms with E-state index in [0.717, 1.165) is 17.7 Å². The van der Waals surface area contributed by atoms with Crippen molar-refractivity contribution in [1.29, 1.82) is 0 Å². The molecule has 0 bridgehead atoms. The van der Waals surface area contributed by atoms with Gasteiger partial charge in [0.25, 0.3) is 0 Å². The van der Waals surface area contributed by atoms with Crippen LogP contribution in [0.4, 0.5) is 15.8 Å². The van der Waals surface area contributed by atoms with Gasteiger partial charge < -0.3 is 10.6 Å². The molecule has 2 aromatic carbocycles. The molecule has 0 atom stereocenters. The molecule has 0 aliphatic heterocycles. The van der Waals surface area contributed by atoms with Crippen LogP contribution in [0.25, 0.3) is 0 Å². The summed E-state index contributed by atoms with van der Waals surface area (Å²) < 4.78 is 13.5. The molecule has 22 heavy (non-hydrogen) atoms. The summed E-state index contributed by atoms with van der Waals surface area (Å²) in [7, 11) is 0. The first-order valence-electron chi connectivity index (χ1n) is 7.48. The number of rotatable bonds is 6. The number of aryl methyl sites for hydroxylation is 2. The van der Waals surface area contributed by atoms with Gasteiger partial charge >= 0.3 is 0 Å². The molecule has 0 spiro atoms. The predicted molar refractivity (Wildman–Crippen MR) is 88.7 cm³/mol. The van der Waals surface area contributed by atoms with Gasteiger partial charge in [0, 0.05) is 18.7 Å². The van der Waals surface area contributed by atoms with Crippen molar-refractivity contribution in [2.45, 2.75) is 26.7 Å². The van der Waals surface area contributed by atoms with Crippen molar-refractivity contribution in [1.82, 2.24) is 0 Å². The molecule has 2 N–H and O–H groups in total. The second-order valence-corrected chi connectivity index (χ2v) is 5.17. The maximum atomic E-state index is 13.5. The average Bonchev–Trinajstić information content (AvgIpc) is 2.51. The fourth-order valence-electron chi connectivity index (χ4n) is 2.35. The van der Waals surface area contributed by atoms with Crippen LogP contribution in [-0.4, -0.2) is 12.5 Å². The van der Waals surface area contributed by atoms with Crippen LogP contribution >= 0.6 is 0 Å². The smallest absolute Gasteiger partial charge is 0.226 e. The molecule has 0 aromatic heterocycles. The fourth-order valence-corrected chi connectivity index (χ4v) is 2.35. The largest absolute Gasteiger partial charge is 0.384 e. The lowest BCUT2D eigenvalue weighted by molar-refractivity contribution is -0.116. The van der Waals surface area contributed by atoms with E-state index in [-0.39, 0.29) is 18.0 Å². The summed E-state index contributed by atoms with van der Waals surface area (Å²) in [5, 5.41) is 5.89. The van der Waals surface area contributed by atoms with Crippen molar-refractivity contribution in [2.24, 2.45) is 0 Å². The lowest BCUT2D eigenvalue weighted by atomic mass is 10.1. The van der Waals surface area contributed by atoms with Crippen molar-refractivity contribution in [3.63, 3.8) is 0 Å². The zero-order chi connectivity index (χ0) is 15.9. The molecule has 2 aromatic rings. The van der Waals surface area contributed by atoms with Crippen molar-refractivity contribution < 1.29 is 9.18 Å². The molecule has 1 amide bonds. The Hall–Kier alpha value is -2.36. The summed E-state index contributed by atoms with van der Waals surface area (Å²) >= 11 is 0. The van der Waals surface area contributed by atoms with E-state index in [1.807, 2.05) is 19.1 Å². The minimum absolute atomic E-state index is 0.204. The van der Waals surface area contributed by atoms with Gasteiger partial charge in [-0.3, -0.25) is 4.79 Å². The van der Waals surface area contributed by atoms with Crippen molar-refractivity contribution >= 4 is 17.3 Å². The van der Waals surface area contributed by atoms with E-state index >= 15 is 0 Å². The molecular formula is C18H21FN2O. The third kappa shape index (κ3) is 4.07. The Morgan fingerprint density at radius 3 is 2.64 bits per heavy atom. The standard InChI is InChI=1S/C18H21FN2O/c1-3-14-8-6-7-13(2)18(14)20-12-11-17(22)21-16-10-5-4-9-15(16)19/h4-10,20H,3,11-12H2,1-2H3,(H,21,22). The summed E-state index contributed by atoms with van der Waals surface area (Å²) in [5.74, 6) is -0.625. The van der Waals surface area contributed by atoms with Crippen LogP contribution in [0.5, 0.6) is 0 Å². The average molecular weight is 300 g/mol. The Balaban J connectivity index is 1.89. The van der Waals surface area contributed by atoms with Crippen LogP contribution in [0, 0.1) is 12.7 Å². The number of benzene rings is 2. The lowest BCUT2D eigenvalue weighted by Crippen LogP contribution is -2.17. The van der Waals surface area contributed by atoms with Crippen LogP contribution in [0.15, 0.2) is 42.5 Å². The fraction of sp³-hybridized carbons (Fsp3) is 0.278. The molecule has 0 aliphatic carbocycles. The van der Waals surface area contributed by atoms with Gasteiger partial charge in [-0.25, -0.2) is 4.39 Å². The highest BCUT2D eigenvalue weighted by Crippen LogP contribution is 2.21. The first kappa shape index (κ1) is 16.0. The first-order valence-corrected chi connectivity index (χ1v) is 7.48. The zero-order valence-electron chi connectivity index (χ0n) is 12.9. The van der Waals surface area contributed by atoms with Crippen LogP contribution in [-0.2, 0) is 11.2 Å². The van der Waals surface area contributed by atoms with Crippen molar-refractivity contribution in [2.75, 3.05) is 17.2 Å². The number of para-hydroxylation sites is 2. The van der Waals surface area contributed by atoms with E-state index in [1.165, 1.54) is 11.6 Å². The highest BCUT2D eigenvalue weighted by Gasteiger charge is 2.07. The van der Waals surface area contributed by atoms with Gasteiger partial charge in [-0.05, 0) is 36.6 Å². The highest BCUT2D eigenvalue weighted by atomic mass is 19.1. The summed E-state index contributed by atoms with van der Waals surface area (Å²) in [5.41, 5.74) is 3.70. The molecule has 116 valence electrons. The molecule has 0 saturated carbocycles. The lowest BCUT2D eigenvalue weighted by Gasteiger charge is -2.14. The number of carbonyl (C=O) groups is 1. The Bertz CT molecular complexity index is 655. The predicted octanol–water partition coefficient (Wildman–Crippen LogP) is 4.14. The number of halogens is 1. The summed E-state index contributed by atoms with van der Waals surface area (Å²) in [4.78, 5) is 11.9. The van der Waals surface area contributed by atoms with Crippen molar-refractivity contribution in [3.05, 3.63) is 59.4 Å². The Labute approximate surface area is 130 Å². The molecule has 0 fully saturated rings. The number of amides is 1. The Morgan fingerprint density at radius 2 is 1.91 bits per heavy atom. The molecule has 0 unspecified atom stereocenters. The minimum Gasteiger partial charge on any atom is -0.384 e. The monoisotopic (exact) mass is 300 g/mol. The quantitative estimate of drug-likeness (QED) is 0.842. The molecule has 2 rings (SSSR count). The topological polar surface area (TPSA) is 41.1 Å². The van der Waals surface area contributed by atoms with E-state index in [1.54, 1.807) is 18.2 Å². The number of anilines is 2. The van der Waals surface area contributed by atoms with Crippen molar-refractivity contribution in [3.8, 4) is 0 Å². The third-order valence-electron chi connectivity index (χ3n) is 3.54. The van der Waals surface area contributed by atoms with E-state index in [4.69, 9.17) is 0 Å². The van der Waals surface area contributed by atoms with E-state index in [0.29, 0.717) is 6.54 Å². The van der Waals surface area contributed by atoms with E-state index in [2.05, 4.69) is 23.6 Å². The van der Waals surface area contributed by atoms with Gasteiger partial charge in [0.2, 0.25) is 5.91 Å². The molecule has 0 saturated heterocycles. The Morgan fingerprint density at radius 1 is 1.14 bits per heavy atom. The van der Waals surface area contributed by atoms with Gasteiger partial charge in [0.05, 0.1) is 5.69 Å². The summed E-state index contributed by atoms with van der Waals surface area (Å²) in [6.45, 7) is 4.66. The molecule has 0 radical (unpaired) electrons. The normalized spacial score (nSPS) is 10.3. The number of nitrogens with one attached hydrogen (secondary N) is 2. The Kier molecular flexibility index (Phi) is 5.53. The van der Waals surface area contributed by atoms with Gasteiger partial charge in [-0.15, -0.1) is 0 Å². The van der Waals surface area contributed by atoms with Gasteiger partial charge in [0.1, 0.15) is 5.82 Å². The van der Waals surface area contributed by atoms with Gasteiger partial charge in [-0.1, -0.05) is 37.3 Å². The second kappa shape index (κ2) is 7.59. The first-order chi connectivity index (χ1) is 10.6. The molecule has 4 heteroatoms. The van der Waals surface area contributed by atoms with E-state index < -0.39 is 5.82 Å². The minimum atomic E-state index is -0.420. The maximum absolute atomic E-state index is 13.5. The van der Waals surface area contributed by atoms with Gasteiger partial charge in [-0.2, -0.15) is 0 Å². The molecule has 0 aliphatic rings. The third-order valence-corrected chi connectivity index (χ3v) is 3.54.